The topological polar surface area (TPSA) is 58.1 Å². The fraction of sp³-hybridized carbons (Fsp3) is 0.300. The van der Waals surface area contributed by atoms with Crippen LogP contribution in [-0.2, 0) is 4.79 Å². The quantitative estimate of drug-likeness (QED) is 0.736. The van der Waals surface area contributed by atoms with E-state index in [2.05, 4.69) is 22.0 Å². The summed E-state index contributed by atoms with van der Waals surface area (Å²) >= 11 is 0. The Hall–Kier alpha value is -1.91. The Morgan fingerprint density at radius 3 is 2.47 bits per heavy atom. The van der Waals surface area contributed by atoms with Gasteiger partial charge in [0, 0.05) is 17.1 Å². The zero-order chi connectivity index (χ0) is 11.0. The van der Waals surface area contributed by atoms with Crippen molar-refractivity contribution < 1.29 is 4.79 Å². The molecule has 78 valence electrons. The number of carbonyl (C=O) groups is 1. The van der Waals surface area contributed by atoms with Gasteiger partial charge in [0.15, 0.2) is 0 Å². The van der Waals surface area contributed by atoms with Crippen molar-refractivity contribution in [2.45, 2.75) is 20.3 Å². The average Bonchev–Trinajstić information content (AvgIpc) is 2.43. The SMILES string of the molecule is C=C1CC(=O)N(c2nc(C)cc(C)n2)N1. The number of aromatic nitrogens is 2. The van der Waals surface area contributed by atoms with Crippen LogP contribution in [0.2, 0.25) is 0 Å². The van der Waals surface area contributed by atoms with Gasteiger partial charge in [-0.15, -0.1) is 0 Å². The molecule has 0 spiro atoms. The van der Waals surface area contributed by atoms with E-state index in [1.807, 2.05) is 19.9 Å². The van der Waals surface area contributed by atoms with E-state index < -0.39 is 0 Å². The predicted molar refractivity (Wildman–Crippen MR) is 55.9 cm³/mol. The molecule has 1 amide bonds. The van der Waals surface area contributed by atoms with Gasteiger partial charge in [0.05, 0.1) is 6.42 Å². The van der Waals surface area contributed by atoms with Crippen molar-refractivity contribution in [1.29, 1.82) is 0 Å². The van der Waals surface area contributed by atoms with Gasteiger partial charge in [-0.1, -0.05) is 6.58 Å². The molecule has 15 heavy (non-hydrogen) atoms. The molecule has 0 aromatic carbocycles. The van der Waals surface area contributed by atoms with Crippen LogP contribution in [0.25, 0.3) is 0 Å². The van der Waals surface area contributed by atoms with Crippen LogP contribution in [0.5, 0.6) is 0 Å². The van der Waals surface area contributed by atoms with E-state index in [1.165, 1.54) is 5.01 Å². The number of hydrazine groups is 1. The van der Waals surface area contributed by atoms with Gasteiger partial charge in [-0.3, -0.25) is 10.2 Å². The van der Waals surface area contributed by atoms with E-state index in [-0.39, 0.29) is 5.91 Å². The Balaban J connectivity index is 2.37. The van der Waals surface area contributed by atoms with Gasteiger partial charge < -0.3 is 0 Å². The number of rotatable bonds is 1. The third-order valence-electron chi connectivity index (χ3n) is 2.05. The molecule has 1 N–H and O–H groups in total. The summed E-state index contributed by atoms with van der Waals surface area (Å²) in [7, 11) is 0. The Morgan fingerprint density at radius 1 is 1.40 bits per heavy atom. The summed E-state index contributed by atoms with van der Waals surface area (Å²) in [5.41, 5.74) is 5.18. The van der Waals surface area contributed by atoms with Crippen LogP contribution in [0.4, 0.5) is 5.95 Å². The Bertz CT molecular complexity index is 421. The van der Waals surface area contributed by atoms with Crippen LogP contribution < -0.4 is 10.4 Å². The van der Waals surface area contributed by atoms with E-state index in [9.17, 15) is 4.79 Å². The molecule has 2 rings (SSSR count). The maximum absolute atomic E-state index is 11.5. The molecule has 1 aromatic heterocycles. The zero-order valence-corrected chi connectivity index (χ0v) is 8.74. The number of carbonyl (C=O) groups excluding carboxylic acids is 1. The number of amides is 1. The van der Waals surface area contributed by atoms with E-state index in [4.69, 9.17) is 0 Å². The van der Waals surface area contributed by atoms with Crippen molar-refractivity contribution in [2.75, 3.05) is 5.01 Å². The molecule has 5 nitrogen and oxygen atoms in total. The van der Waals surface area contributed by atoms with E-state index >= 15 is 0 Å². The first-order valence-electron chi connectivity index (χ1n) is 4.66. The van der Waals surface area contributed by atoms with E-state index in [0.717, 1.165) is 11.4 Å². The Labute approximate surface area is 87.8 Å². The van der Waals surface area contributed by atoms with Crippen LogP contribution in [0.1, 0.15) is 17.8 Å². The zero-order valence-electron chi connectivity index (χ0n) is 8.74. The third kappa shape index (κ3) is 1.81. The van der Waals surface area contributed by atoms with Crippen molar-refractivity contribution in [3.63, 3.8) is 0 Å². The van der Waals surface area contributed by atoms with Crippen LogP contribution in [0.15, 0.2) is 18.3 Å². The van der Waals surface area contributed by atoms with Gasteiger partial charge in [-0.25, -0.2) is 9.97 Å². The van der Waals surface area contributed by atoms with Gasteiger partial charge in [-0.2, -0.15) is 5.01 Å². The predicted octanol–water partition coefficient (Wildman–Crippen LogP) is 0.848. The normalized spacial score (nSPS) is 15.7. The fourth-order valence-electron chi connectivity index (χ4n) is 1.49. The molecule has 0 saturated carbocycles. The van der Waals surface area contributed by atoms with Gasteiger partial charge in [0.2, 0.25) is 0 Å². The van der Waals surface area contributed by atoms with Crippen molar-refractivity contribution >= 4 is 11.9 Å². The van der Waals surface area contributed by atoms with Crippen LogP contribution in [0, 0.1) is 13.8 Å². The summed E-state index contributed by atoms with van der Waals surface area (Å²) in [5.74, 6) is 0.307. The minimum atomic E-state index is -0.0787. The first kappa shape index (κ1) is 9.64. The third-order valence-corrected chi connectivity index (χ3v) is 2.05. The van der Waals surface area contributed by atoms with Crippen LogP contribution in [0.3, 0.4) is 0 Å². The molecule has 1 saturated heterocycles. The number of nitrogens with zero attached hydrogens (tertiary/aromatic N) is 3. The summed E-state index contributed by atoms with van der Waals surface area (Å²) < 4.78 is 0. The van der Waals surface area contributed by atoms with Crippen molar-refractivity contribution in [1.82, 2.24) is 15.4 Å². The lowest BCUT2D eigenvalue weighted by Gasteiger charge is -2.14. The minimum absolute atomic E-state index is 0.0787. The summed E-state index contributed by atoms with van der Waals surface area (Å²) in [6.45, 7) is 7.43. The molecule has 2 heterocycles. The molecule has 1 aliphatic rings. The van der Waals surface area contributed by atoms with Crippen molar-refractivity contribution in [3.8, 4) is 0 Å². The second-order valence-corrected chi connectivity index (χ2v) is 3.57. The van der Waals surface area contributed by atoms with E-state index in [1.54, 1.807) is 0 Å². The van der Waals surface area contributed by atoms with Gasteiger partial charge in [-0.05, 0) is 19.9 Å². The van der Waals surface area contributed by atoms with Crippen molar-refractivity contribution in [2.24, 2.45) is 0 Å². The maximum atomic E-state index is 11.5. The number of anilines is 1. The van der Waals surface area contributed by atoms with Gasteiger partial charge >= 0.3 is 0 Å². The molecular formula is C10H12N4O. The molecular weight excluding hydrogens is 192 g/mol. The summed E-state index contributed by atoms with van der Waals surface area (Å²) in [6.07, 6.45) is 0.302. The molecule has 1 aliphatic heterocycles. The number of nitrogens with one attached hydrogen (secondary N) is 1. The summed E-state index contributed by atoms with van der Waals surface area (Å²) in [4.78, 5) is 19.9. The molecule has 0 unspecified atom stereocenters. The second-order valence-electron chi connectivity index (χ2n) is 3.57. The highest BCUT2D eigenvalue weighted by molar-refractivity contribution is 5.95. The highest BCUT2D eigenvalue weighted by Gasteiger charge is 2.26. The molecule has 1 fully saturated rings. The first-order valence-corrected chi connectivity index (χ1v) is 4.66. The van der Waals surface area contributed by atoms with Crippen LogP contribution in [-0.4, -0.2) is 15.9 Å². The summed E-state index contributed by atoms with van der Waals surface area (Å²) in [5, 5.41) is 1.34. The molecule has 0 bridgehead atoms. The smallest absolute Gasteiger partial charge is 0.254 e. The number of hydrogen-bond acceptors (Lipinski definition) is 4. The lowest BCUT2D eigenvalue weighted by molar-refractivity contribution is -0.117. The average molecular weight is 204 g/mol. The van der Waals surface area contributed by atoms with Gasteiger partial charge in [0.25, 0.3) is 11.9 Å². The number of aryl methyl sites for hydroxylation is 2. The molecule has 1 aromatic rings. The Morgan fingerprint density at radius 2 is 2.00 bits per heavy atom. The highest BCUT2D eigenvalue weighted by Crippen LogP contribution is 2.16. The first-order chi connectivity index (χ1) is 7.06. The fourth-order valence-corrected chi connectivity index (χ4v) is 1.49. The molecule has 0 aliphatic carbocycles. The molecule has 0 radical (unpaired) electrons. The summed E-state index contributed by atoms with van der Waals surface area (Å²) in [6, 6.07) is 1.86. The number of hydrogen-bond donors (Lipinski definition) is 1. The standard InChI is InChI=1S/C10H12N4O/c1-6-4-7(2)12-10(11-6)14-9(15)5-8(3)13-14/h4,13H,3,5H2,1-2H3. The second kappa shape index (κ2) is 3.34. The Kier molecular flexibility index (Phi) is 2.15. The van der Waals surface area contributed by atoms with Crippen molar-refractivity contribution in [3.05, 3.63) is 29.7 Å². The van der Waals surface area contributed by atoms with E-state index in [0.29, 0.717) is 18.1 Å². The van der Waals surface area contributed by atoms with Crippen LogP contribution >= 0.6 is 0 Å². The monoisotopic (exact) mass is 204 g/mol. The highest BCUT2D eigenvalue weighted by atomic mass is 16.2. The lowest BCUT2D eigenvalue weighted by Crippen LogP contribution is -2.35. The maximum Gasteiger partial charge on any atom is 0.254 e. The molecule has 5 heteroatoms. The molecule has 0 atom stereocenters. The minimum Gasteiger partial charge on any atom is -0.293 e. The lowest BCUT2D eigenvalue weighted by atomic mass is 10.3. The van der Waals surface area contributed by atoms with Gasteiger partial charge in [0.1, 0.15) is 0 Å². The largest absolute Gasteiger partial charge is 0.293 e.